The summed E-state index contributed by atoms with van der Waals surface area (Å²) in [5.74, 6) is 0.480. The van der Waals surface area contributed by atoms with Crippen LogP contribution >= 0.6 is 0 Å². The number of nitrogens with zero attached hydrogens (tertiary/aromatic N) is 2. The van der Waals surface area contributed by atoms with E-state index in [4.69, 9.17) is 9.47 Å². The number of carbonyl (C=O) groups excluding carboxylic acids is 3. The average molecular weight is 546 g/mol. The summed E-state index contributed by atoms with van der Waals surface area (Å²) in [4.78, 5) is 43.5. The van der Waals surface area contributed by atoms with E-state index in [1.165, 1.54) is 7.11 Å². The van der Waals surface area contributed by atoms with Gasteiger partial charge >= 0.3 is 5.97 Å². The van der Waals surface area contributed by atoms with Gasteiger partial charge in [0, 0.05) is 49.6 Å². The molecular weight excluding hydrogens is 506 g/mol. The zero-order valence-electron chi connectivity index (χ0n) is 23.7. The molecule has 2 aromatic rings. The number of para-hydroxylation sites is 1. The number of methoxy groups -OCH3 is 1. The van der Waals surface area contributed by atoms with Gasteiger partial charge in [-0.15, -0.1) is 0 Å². The largest absolute Gasteiger partial charge is 0.465 e. The van der Waals surface area contributed by atoms with Crippen LogP contribution < -0.4 is 5.32 Å². The number of rotatable bonds is 6. The molecule has 8 heteroatoms. The molecule has 2 atom stereocenters. The predicted molar refractivity (Wildman–Crippen MR) is 151 cm³/mol. The number of hydrogen-bond donors (Lipinski definition) is 1. The molecule has 0 radical (unpaired) electrons. The third-order valence-electron chi connectivity index (χ3n) is 9.38. The molecule has 4 aliphatic heterocycles. The van der Waals surface area contributed by atoms with Gasteiger partial charge in [0.25, 0.3) is 11.8 Å². The van der Waals surface area contributed by atoms with Crippen LogP contribution in [0.1, 0.15) is 88.9 Å². The van der Waals surface area contributed by atoms with E-state index in [0.717, 1.165) is 67.3 Å². The number of esters is 1. The van der Waals surface area contributed by atoms with Crippen LogP contribution in [-0.4, -0.2) is 66.0 Å². The van der Waals surface area contributed by atoms with Crippen molar-refractivity contribution in [1.82, 2.24) is 9.80 Å². The zero-order chi connectivity index (χ0) is 28.0. The number of benzene rings is 2. The maximum Gasteiger partial charge on any atom is 0.339 e. The van der Waals surface area contributed by atoms with Crippen molar-refractivity contribution in [3.63, 3.8) is 0 Å². The van der Waals surface area contributed by atoms with E-state index in [1.54, 1.807) is 6.07 Å². The summed E-state index contributed by atoms with van der Waals surface area (Å²) in [6, 6.07) is 11.4. The average Bonchev–Trinajstić information content (AvgIpc) is 3.11. The first-order valence-electron chi connectivity index (χ1n) is 14.6. The van der Waals surface area contributed by atoms with E-state index in [9.17, 15) is 14.4 Å². The molecule has 0 aromatic heterocycles. The van der Waals surface area contributed by atoms with Gasteiger partial charge in [-0.3, -0.25) is 9.59 Å². The van der Waals surface area contributed by atoms with E-state index >= 15 is 0 Å². The molecule has 7 rings (SSSR count). The second-order valence-electron chi connectivity index (χ2n) is 12.0. The van der Waals surface area contributed by atoms with Crippen LogP contribution in [0.5, 0.6) is 0 Å². The highest BCUT2D eigenvalue weighted by Gasteiger charge is 2.55. The molecule has 3 saturated heterocycles. The lowest BCUT2D eigenvalue weighted by Crippen LogP contribution is -2.61. The van der Waals surface area contributed by atoms with Gasteiger partial charge in [0.2, 0.25) is 0 Å². The maximum absolute atomic E-state index is 13.7. The van der Waals surface area contributed by atoms with Gasteiger partial charge < -0.3 is 24.6 Å². The highest BCUT2D eigenvalue weighted by Crippen LogP contribution is 2.48. The zero-order valence-corrected chi connectivity index (χ0v) is 23.7. The van der Waals surface area contributed by atoms with Crippen molar-refractivity contribution in [3.05, 3.63) is 64.2 Å². The van der Waals surface area contributed by atoms with Gasteiger partial charge in [0.1, 0.15) is 5.60 Å². The highest BCUT2D eigenvalue weighted by atomic mass is 16.5. The Labute approximate surface area is 236 Å². The monoisotopic (exact) mass is 545 g/mol. The van der Waals surface area contributed by atoms with Crippen LogP contribution in [0.4, 0.5) is 5.69 Å². The van der Waals surface area contributed by atoms with Gasteiger partial charge in [-0.2, -0.15) is 0 Å². The Morgan fingerprint density at radius 1 is 1.12 bits per heavy atom. The van der Waals surface area contributed by atoms with Crippen molar-refractivity contribution in [1.29, 1.82) is 0 Å². The summed E-state index contributed by atoms with van der Waals surface area (Å²) in [5.41, 5.74) is 4.49. The van der Waals surface area contributed by atoms with E-state index in [-0.39, 0.29) is 23.9 Å². The van der Waals surface area contributed by atoms with Gasteiger partial charge in [-0.25, -0.2) is 4.79 Å². The minimum Gasteiger partial charge on any atom is -0.465 e. The summed E-state index contributed by atoms with van der Waals surface area (Å²) < 4.78 is 11.0. The molecule has 8 nitrogen and oxygen atoms in total. The molecule has 40 heavy (non-hydrogen) atoms. The fourth-order valence-corrected chi connectivity index (χ4v) is 7.23. The Kier molecular flexibility index (Phi) is 7.07. The Balaban J connectivity index is 1.18. The number of amides is 2. The van der Waals surface area contributed by atoms with E-state index in [0.29, 0.717) is 36.9 Å². The quantitative estimate of drug-likeness (QED) is 0.522. The molecule has 212 valence electrons. The molecule has 2 unspecified atom stereocenters. The SMILES string of the molecule is COC(=O)c1ccccc1NC(C)c1cc(C)cc2c1CN(C1CCCN(C(=O)C34CC(CCO3)C4)CC1)C2=O. The summed E-state index contributed by atoms with van der Waals surface area (Å²) in [6.45, 7) is 6.71. The highest BCUT2D eigenvalue weighted by molar-refractivity contribution is 5.99. The van der Waals surface area contributed by atoms with Gasteiger partial charge in [-0.05, 0) is 93.2 Å². The van der Waals surface area contributed by atoms with Crippen molar-refractivity contribution < 1.29 is 23.9 Å². The lowest BCUT2D eigenvalue weighted by Gasteiger charge is -2.52. The molecule has 4 heterocycles. The second kappa shape index (κ2) is 10.5. The van der Waals surface area contributed by atoms with Crippen LogP contribution in [0.15, 0.2) is 36.4 Å². The number of carbonyl (C=O) groups is 3. The first-order valence-corrected chi connectivity index (χ1v) is 14.6. The maximum atomic E-state index is 13.7. The molecule has 4 fully saturated rings. The molecule has 1 aliphatic carbocycles. The first kappa shape index (κ1) is 26.8. The number of aryl methyl sites for hydroxylation is 1. The first-order chi connectivity index (χ1) is 19.3. The van der Waals surface area contributed by atoms with Crippen molar-refractivity contribution >= 4 is 23.5 Å². The standard InChI is InChI=1S/C32H39N3O5/c1-20-15-25(21(2)33-28-9-5-4-8-24(28)30(37)39-3)27-19-35(29(36)26(27)16-20)23-7-6-12-34(13-10-23)31(38)32-17-22(18-32)11-14-40-32/h4-5,8-9,15-16,21-23,33H,6-7,10-14,17-19H2,1-3H3. The molecule has 1 saturated carbocycles. The molecule has 2 amide bonds. The minimum atomic E-state index is -0.579. The number of ether oxygens (including phenoxy) is 2. The van der Waals surface area contributed by atoms with Crippen LogP contribution in [0.25, 0.3) is 0 Å². The third-order valence-corrected chi connectivity index (χ3v) is 9.38. The van der Waals surface area contributed by atoms with Gasteiger partial charge in [-0.1, -0.05) is 18.2 Å². The summed E-state index contributed by atoms with van der Waals surface area (Å²) in [6.07, 6.45) is 5.34. The van der Waals surface area contributed by atoms with Gasteiger partial charge in [0.05, 0.1) is 12.7 Å². The minimum absolute atomic E-state index is 0.0722. The van der Waals surface area contributed by atoms with Crippen LogP contribution in [-0.2, 0) is 20.8 Å². The fraction of sp³-hybridized carbons (Fsp3) is 0.531. The Morgan fingerprint density at radius 2 is 1.93 bits per heavy atom. The lowest BCUT2D eigenvalue weighted by atomic mass is 9.66. The van der Waals surface area contributed by atoms with Crippen LogP contribution in [0.3, 0.4) is 0 Å². The summed E-state index contributed by atoms with van der Waals surface area (Å²) in [7, 11) is 1.38. The third kappa shape index (κ3) is 4.66. The van der Waals surface area contributed by atoms with Gasteiger partial charge in [0.15, 0.2) is 0 Å². The van der Waals surface area contributed by atoms with Crippen molar-refractivity contribution in [2.24, 2.45) is 5.92 Å². The molecule has 2 bridgehead atoms. The number of hydrogen-bond acceptors (Lipinski definition) is 6. The number of nitrogens with one attached hydrogen (secondary N) is 1. The second-order valence-corrected chi connectivity index (χ2v) is 12.0. The number of likely N-dealkylation sites (tertiary alicyclic amines) is 1. The van der Waals surface area contributed by atoms with E-state index in [1.807, 2.05) is 41.0 Å². The smallest absolute Gasteiger partial charge is 0.339 e. The summed E-state index contributed by atoms with van der Waals surface area (Å²) in [5, 5.41) is 3.49. The number of anilines is 1. The van der Waals surface area contributed by atoms with Crippen LogP contribution in [0, 0.1) is 12.8 Å². The molecular formula is C32H39N3O5. The number of fused-ring (bicyclic) bond motifs is 3. The van der Waals surface area contributed by atoms with E-state index in [2.05, 4.69) is 18.3 Å². The van der Waals surface area contributed by atoms with Crippen molar-refractivity contribution in [2.75, 3.05) is 32.1 Å². The Morgan fingerprint density at radius 3 is 2.67 bits per heavy atom. The molecule has 0 spiro atoms. The molecule has 2 aromatic carbocycles. The Bertz CT molecular complexity index is 1330. The van der Waals surface area contributed by atoms with E-state index < -0.39 is 11.6 Å². The topological polar surface area (TPSA) is 88.2 Å². The fourth-order valence-electron chi connectivity index (χ4n) is 7.23. The lowest BCUT2D eigenvalue weighted by molar-refractivity contribution is -0.200. The molecule has 1 N–H and O–H groups in total. The summed E-state index contributed by atoms with van der Waals surface area (Å²) >= 11 is 0. The molecule has 5 aliphatic rings. The van der Waals surface area contributed by atoms with Crippen molar-refractivity contribution in [3.8, 4) is 0 Å². The Hall–Kier alpha value is -3.39. The predicted octanol–water partition coefficient (Wildman–Crippen LogP) is 4.86. The van der Waals surface area contributed by atoms with Crippen molar-refractivity contribution in [2.45, 2.75) is 76.6 Å². The van der Waals surface area contributed by atoms with Crippen LogP contribution in [0.2, 0.25) is 0 Å². The normalized spacial score (nSPS) is 26.4.